The molecule has 0 spiro atoms. The van der Waals surface area contributed by atoms with Crippen molar-refractivity contribution in [2.75, 3.05) is 6.79 Å². The molecule has 3 rings (SSSR count). The number of nitrogens with one attached hydrogen (secondary N) is 1. The summed E-state index contributed by atoms with van der Waals surface area (Å²) in [7, 11) is 0. The van der Waals surface area contributed by atoms with Crippen molar-refractivity contribution in [1.82, 2.24) is 5.32 Å². The van der Waals surface area contributed by atoms with Crippen LogP contribution in [-0.2, 0) is 11.2 Å². The summed E-state index contributed by atoms with van der Waals surface area (Å²) in [6.07, 6.45) is 0.514. The summed E-state index contributed by atoms with van der Waals surface area (Å²) in [6.45, 7) is 2.16. The lowest BCUT2D eigenvalue weighted by atomic mass is 10.0. The predicted octanol–water partition coefficient (Wildman–Crippen LogP) is 2.58. The number of carbonyl (C=O) groups is 1. The number of ether oxygens (including phenoxy) is 2. The predicted molar refractivity (Wildman–Crippen MR) is 94.5 cm³/mol. The number of halogens is 1. The van der Waals surface area contributed by atoms with Crippen molar-refractivity contribution < 1.29 is 14.3 Å². The molecule has 0 fully saturated rings. The molecule has 2 unspecified atom stereocenters. The standard InChI is InChI=1S/C18H20N2O3.ClH/c1-12(14-7-8-16-17(10-14)23-11-22-16)20-18(21)15(19)9-13-5-3-2-4-6-13;/h2-8,10,12,15H,9,11,19H2,1H3,(H,20,21);1H. The van der Waals surface area contributed by atoms with Crippen molar-refractivity contribution in [3.63, 3.8) is 0 Å². The van der Waals surface area contributed by atoms with Crippen LogP contribution < -0.4 is 20.5 Å². The Balaban J connectivity index is 0.00000208. The van der Waals surface area contributed by atoms with Gasteiger partial charge in [-0.25, -0.2) is 0 Å². The number of hydrogen-bond acceptors (Lipinski definition) is 4. The maximum Gasteiger partial charge on any atom is 0.237 e. The van der Waals surface area contributed by atoms with Gasteiger partial charge in [0.05, 0.1) is 12.1 Å². The summed E-state index contributed by atoms with van der Waals surface area (Å²) in [5.41, 5.74) is 8.01. The summed E-state index contributed by atoms with van der Waals surface area (Å²) >= 11 is 0. The van der Waals surface area contributed by atoms with Crippen LogP contribution in [0.2, 0.25) is 0 Å². The zero-order valence-electron chi connectivity index (χ0n) is 13.4. The first-order valence-corrected chi connectivity index (χ1v) is 7.63. The third-order valence-corrected chi connectivity index (χ3v) is 3.89. The highest BCUT2D eigenvalue weighted by molar-refractivity contribution is 5.85. The molecule has 24 heavy (non-hydrogen) atoms. The minimum atomic E-state index is -0.575. The Hall–Kier alpha value is -2.24. The smallest absolute Gasteiger partial charge is 0.237 e. The Morgan fingerprint density at radius 3 is 2.62 bits per heavy atom. The maximum absolute atomic E-state index is 12.3. The minimum absolute atomic E-state index is 0. The van der Waals surface area contributed by atoms with E-state index in [0.29, 0.717) is 12.2 Å². The fourth-order valence-electron chi connectivity index (χ4n) is 2.55. The van der Waals surface area contributed by atoms with Gasteiger partial charge in [-0.05, 0) is 36.6 Å². The molecule has 1 aliphatic heterocycles. The minimum Gasteiger partial charge on any atom is -0.454 e. The fraction of sp³-hybridized carbons (Fsp3) is 0.278. The van der Waals surface area contributed by atoms with Crippen LogP contribution in [0.25, 0.3) is 0 Å². The van der Waals surface area contributed by atoms with Gasteiger partial charge in [-0.3, -0.25) is 4.79 Å². The zero-order chi connectivity index (χ0) is 16.2. The van der Waals surface area contributed by atoms with Crippen LogP contribution >= 0.6 is 12.4 Å². The lowest BCUT2D eigenvalue weighted by Crippen LogP contribution is -2.42. The summed E-state index contributed by atoms with van der Waals surface area (Å²) in [5.74, 6) is 1.27. The molecule has 1 amide bonds. The SMILES string of the molecule is CC(NC(=O)C(N)Cc1ccccc1)c1ccc2c(c1)OCO2.Cl. The van der Waals surface area contributed by atoms with Crippen LogP contribution in [-0.4, -0.2) is 18.7 Å². The molecule has 1 aliphatic rings. The van der Waals surface area contributed by atoms with Gasteiger partial charge in [0.15, 0.2) is 11.5 Å². The van der Waals surface area contributed by atoms with Gasteiger partial charge < -0.3 is 20.5 Å². The summed E-state index contributed by atoms with van der Waals surface area (Å²) in [6, 6.07) is 14.7. The molecule has 2 atom stereocenters. The monoisotopic (exact) mass is 348 g/mol. The van der Waals surface area contributed by atoms with Crippen LogP contribution in [0.15, 0.2) is 48.5 Å². The number of hydrogen-bond donors (Lipinski definition) is 2. The lowest BCUT2D eigenvalue weighted by Gasteiger charge is -2.18. The Bertz CT molecular complexity index is 694. The van der Waals surface area contributed by atoms with Gasteiger partial charge in [-0.1, -0.05) is 36.4 Å². The maximum atomic E-state index is 12.3. The van der Waals surface area contributed by atoms with E-state index in [0.717, 1.165) is 16.9 Å². The Kier molecular flexibility index (Phi) is 6.06. The topological polar surface area (TPSA) is 73.6 Å². The molecule has 1 heterocycles. The van der Waals surface area contributed by atoms with E-state index < -0.39 is 6.04 Å². The van der Waals surface area contributed by atoms with Gasteiger partial charge in [0.2, 0.25) is 12.7 Å². The van der Waals surface area contributed by atoms with Gasteiger partial charge >= 0.3 is 0 Å². The van der Waals surface area contributed by atoms with Gasteiger partial charge in [0.1, 0.15) is 0 Å². The summed E-state index contributed by atoms with van der Waals surface area (Å²) in [4.78, 5) is 12.3. The van der Waals surface area contributed by atoms with Crippen molar-refractivity contribution >= 4 is 18.3 Å². The molecule has 0 saturated heterocycles. The second-order valence-corrected chi connectivity index (χ2v) is 5.64. The van der Waals surface area contributed by atoms with Crippen molar-refractivity contribution in [2.24, 2.45) is 5.73 Å². The average Bonchev–Trinajstić information content (AvgIpc) is 3.03. The van der Waals surface area contributed by atoms with Crippen molar-refractivity contribution in [3.05, 3.63) is 59.7 Å². The molecule has 0 saturated carbocycles. The van der Waals surface area contributed by atoms with E-state index in [2.05, 4.69) is 5.32 Å². The van der Waals surface area contributed by atoms with Gasteiger partial charge in [-0.2, -0.15) is 0 Å². The molecule has 6 heteroatoms. The van der Waals surface area contributed by atoms with E-state index in [1.54, 1.807) is 0 Å². The highest BCUT2D eigenvalue weighted by atomic mass is 35.5. The molecule has 0 aromatic heterocycles. The van der Waals surface area contributed by atoms with Crippen LogP contribution in [0.5, 0.6) is 11.5 Å². The second-order valence-electron chi connectivity index (χ2n) is 5.64. The van der Waals surface area contributed by atoms with E-state index in [9.17, 15) is 4.79 Å². The third-order valence-electron chi connectivity index (χ3n) is 3.89. The zero-order valence-corrected chi connectivity index (χ0v) is 14.2. The summed E-state index contributed by atoms with van der Waals surface area (Å²) < 4.78 is 10.7. The molecule has 0 radical (unpaired) electrons. The fourth-order valence-corrected chi connectivity index (χ4v) is 2.55. The first-order valence-electron chi connectivity index (χ1n) is 7.63. The number of fused-ring (bicyclic) bond motifs is 1. The van der Waals surface area contributed by atoms with E-state index in [4.69, 9.17) is 15.2 Å². The van der Waals surface area contributed by atoms with E-state index in [1.165, 1.54) is 0 Å². The first-order chi connectivity index (χ1) is 11.1. The van der Waals surface area contributed by atoms with Crippen molar-refractivity contribution in [2.45, 2.75) is 25.4 Å². The normalized spacial score (nSPS) is 14.4. The Morgan fingerprint density at radius 1 is 1.17 bits per heavy atom. The van der Waals surface area contributed by atoms with Gasteiger partial charge in [0.25, 0.3) is 0 Å². The Labute approximate surface area is 147 Å². The second kappa shape index (κ2) is 8.04. The Morgan fingerprint density at radius 2 is 1.88 bits per heavy atom. The lowest BCUT2D eigenvalue weighted by molar-refractivity contribution is -0.123. The molecule has 3 N–H and O–H groups in total. The number of benzene rings is 2. The van der Waals surface area contributed by atoms with Crippen LogP contribution in [0, 0.1) is 0 Å². The quantitative estimate of drug-likeness (QED) is 0.871. The van der Waals surface area contributed by atoms with E-state index >= 15 is 0 Å². The average molecular weight is 349 g/mol. The number of nitrogens with two attached hydrogens (primary N) is 1. The molecular formula is C18H21ClN2O3. The number of amides is 1. The molecule has 128 valence electrons. The summed E-state index contributed by atoms with van der Waals surface area (Å²) in [5, 5.41) is 2.95. The van der Waals surface area contributed by atoms with Crippen LogP contribution in [0.3, 0.4) is 0 Å². The van der Waals surface area contributed by atoms with Crippen molar-refractivity contribution in [1.29, 1.82) is 0 Å². The molecule has 0 bridgehead atoms. The molecule has 2 aromatic carbocycles. The number of rotatable bonds is 5. The third kappa shape index (κ3) is 4.19. The van der Waals surface area contributed by atoms with Crippen LogP contribution in [0.4, 0.5) is 0 Å². The van der Waals surface area contributed by atoms with Gasteiger partial charge in [0, 0.05) is 0 Å². The first kappa shape index (κ1) is 18.1. The van der Waals surface area contributed by atoms with E-state index in [1.807, 2.05) is 55.5 Å². The highest BCUT2D eigenvalue weighted by Crippen LogP contribution is 2.34. The largest absolute Gasteiger partial charge is 0.454 e. The van der Waals surface area contributed by atoms with Crippen molar-refractivity contribution in [3.8, 4) is 11.5 Å². The molecule has 2 aromatic rings. The molecular weight excluding hydrogens is 328 g/mol. The molecule has 0 aliphatic carbocycles. The molecule has 5 nitrogen and oxygen atoms in total. The van der Waals surface area contributed by atoms with Gasteiger partial charge in [-0.15, -0.1) is 12.4 Å². The van der Waals surface area contributed by atoms with E-state index in [-0.39, 0.29) is 31.1 Å². The van der Waals surface area contributed by atoms with Crippen LogP contribution in [0.1, 0.15) is 24.1 Å². The highest BCUT2D eigenvalue weighted by Gasteiger charge is 2.19. The number of carbonyl (C=O) groups excluding carboxylic acids is 1.